The predicted octanol–water partition coefficient (Wildman–Crippen LogP) is 3.50. The first-order chi connectivity index (χ1) is 7.90. The van der Waals surface area contributed by atoms with Crippen molar-refractivity contribution in [1.29, 1.82) is 0 Å². The molecule has 2 nitrogen and oxygen atoms in total. The molecule has 0 aliphatic heterocycles. The van der Waals surface area contributed by atoms with Crippen LogP contribution >= 0.6 is 0 Å². The fourth-order valence-electron chi connectivity index (χ4n) is 4.64. The molecule has 5 atom stereocenters. The zero-order valence-electron chi connectivity index (χ0n) is 11.8. The van der Waals surface area contributed by atoms with Crippen LogP contribution in [0.25, 0.3) is 0 Å². The van der Waals surface area contributed by atoms with E-state index < -0.39 is 0 Å². The summed E-state index contributed by atoms with van der Waals surface area (Å²) in [4.78, 5) is 12.1. The molecule has 0 aromatic rings. The largest absolute Gasteiger partial charge is 0.469 e. The Hall–Kier alpha value is -0.530. The normalized spacial score (nSPS) is 45.1. The van der Waals surface area contributed by atoms with Crippen molar-refractivity contribution in [2.45, 2.75) is 47.0 Å². The molecule has 3 saturated carbocycles. The summed E-state index contributed by atoms with van der Waals surface area (Å²) in [6.45, 7) is 9.09. The van der Waals surface area contributed by atoms with Gasteiger partial charge in [-0.1, -0.05) is 20.8 Å². The minimum Gasteiger partial charge on any atom is -0.469 e. The monoisotopic (exact) mass is 238 g/mol. The molecule has 0 aromatic heterocycles. The van der Waals surface area contributed by atoms with E-state index in [0.29, 0.717) is 11.8 Å². The summed E-state index contributed by atoms with van der Waals surface area (Å²) in [6.07, 6.45) is 3.56. The second kappa shape index (κ2) is 4.29. The number of carbonyl (C=O) groups is 1. The van der Waals surface area contributed by atoms with Gasteiger partial charge >= 0.3 is 5.97 Å². The Morgan fingerprint density at radius 1 is 1.35 bits per heavy atom. The Morgan fingerprint density at radius 2 is 2.00 bits per heavy atom. The maximum absolute atomic E-state index is 12.1. The summed E-state index contributed by atoms with van der Waals surface area (Å²) >= 11 is 0. The van der Waals surface area contributed by atoms with Gasteiger partial charge in [-0.2, -0.15) is 0 Å². The first-order valence-electron chi connectivity index (χ1n) is 6.98. The molecular formula is C15H26O2. The molecule has 2 bridgehead atoms. The van der Waals surface area contributed by atoms with Gasteiger partial charge in [0.05, 0.1) is 12.5 Å². The van der Waals surface area contributed by atoms with Gasteiger partial charge in [-0.25, -0.2) is 0 Å². The van der Waals surface area contributed by atoms with Gasteiger partial charge in [0.25, 0.3) is 0 Å². The molecule has 0 heterocycles. The minimum atomic E-state index is -0.220. The quantitative estimate of drug-likeness (QED) is 0.688. The van der Waals surface area contributed by atoms with Crippen molar-refractivity contribution in [3.05, 3.63) is 0 Å². The topological polar surface area (TPSA) is 26.3 Å². The van der Waals surface area contributed by atoms with E-state index in [4.69, 9.17) is 4.74 Å². The lowest BCUT2D eigenvalue weighted by Crippen LogP contribution is -2.53. The van der Waals surface area contributed by atoms with Crippen LogP contribution in [-0.2, 0) is 9.53 Å². The van der Waals surface area contributed by atoms with E-state index in [0.717, 1.165) is 24.2 Å². The SMILES string of the molecule is COC(=O)[C@]1(C)C[C@@H]2C[C@@H](C)[C@H]1C[C@@H]2C(C)C. The summed E-state index contributed by atoms with van der Waals surface area (Å²) in [7, 11) is 1.53. The molecule has 3 aliphatic rings. The lowest BCUT2D eigenvalue weighted by atomic mass is 9.48. The standard InChI is InChI=1S/C15H26O2/c1-9(2)12-7-13-10(3)6-11(12)8-15(13,4)14(16)17-5/h9-13H,6-8H2,1-5H3/t10-,11+,12-,13-,15-/m1/s1. The summed E-state index contributed by atoms with van der Waals surface area (Å²) in [5, 5.41) is 0. The molecule has 17 heavy (non-hydrogen) atoms. The molecule has 0 spiro atoms. The van der Waals surface area contributed by atoms with Crippen LogP contribution in [0, 0.1) is 35.0 Å². The Balaban J connectivity index is 2.24. The van der Waals surface area contributed by atoms with Crippen LogP contribution < -0.4 is 0 Å². The molecule has 0 N–H and O–H groups in total. The van der Waals surface area contributed by atoms with Gasteiger partial charge in [0.15, 0.2) is 0 Å². The molecule has 98 valence electrons. The first kappa shape index (κ1) is 12.9. The van der Waals surface area contributed by atoms with Crippen molar-refractivity contribution in [3.63, 3.8) is 0 Å². The number of esters is 1. The van der Waals surface area contributed by atoms with Crippen LogP contribution in [0.15, 0.2) is 0 Å². The molecule has 3 fully saturated rings. The van der Waals surface area contributed by atoms with E-state index >= 15 is 0 Å². The average molecular weight is 238 g/mol. The van der Waals surface area contributed by atoms with Gasteiger partial charge in [0, 0.05) is 0 Å². The Bertz CT molecular complexity index is 310. The van der Waals surface area contributed by atoms with Crippen molar-refractivity contribution in [1.82, 2.24) is 0 Å². The van der Waals surface area contributed by atoms with E-state index in [1.54, 1.807) is 0 Å². The van der Waals surface area contributed by atoms with E-state index in [-0.39, 0.29) is 11.4 Å². The van der Waals surface area contributed by atoms with Crippen LogP contribution in [0.1, 0.15) is 47.0 Å². The van der Waals surface area contributed by atoms with E-state index in [9.17, 15) is 4.79 Å². The van der Waals surface area contributed by atoms with Crippen molar-refractivity contribution >= 4 is 5.97 Å². The van der Waals surface area contributed by atoms with Gasteiger partial charge in [-0.15, -0.1) is 0 Å². The molecule has 0 aromatic carbocycles. The van der Waals surface area contributed by atoms with Crippen LogP contribution in [0.4, 0.5) is 0 Å². The van der Waals surface area contributed by atoms with Gasteiger partial charge < -0.3 is 4.74 Å². The fourth-order valence-corrected chi connectivity index (χ4v) is 4.64. The zero-order valence-corrected chi connectivity index (χ0v) is 11.8. The molecule has 0 unspecified atom stereocenters. The second-order valence-electron chi connectivity index (χ2n) is 6.84. The Kier molecular flexibility index (Phi) is 3.26. The number of hydrogen-bond donors (Lipinski definition) is 0. The van der Waals surface area contributed by atoms with E-state index in [1.807, 2.05) is 0 Å². The van der Waals surface area contributed by atoms with Crippen molar-refractivity contribution in [3.8, 4) is 0 Å². The lowest BCUT2D eigenvalue weighted by Gasteiger charge is -2.56. The summed E-state index contributed by atoms with van der Waals surface area (Å²) < 4.78 is 5.05. The second-order valence-corrected chi connectivity index (χ2v) is 6.84. The number of carbonyl (C=O) groups excluding carboxylic acids is 1. The lowest BCUT2D eigenvalue weighted by molar-refractivity contribution is -0.171. The number of rotatable bonds is 2. The Morgan fingerprint density at radius 3 is 2.47 bits per heavy atom. The van der Waals surface area contributed by atoms with Crippen LogP contribution in [0.2, 0.25) is 0 Å². The molecule has 3 rings (SSSR count). The summed E-state index contributed by atoms with van der Waals surface area (Å²) in [5.74, 6) is 3.49. The van der Waals surface area contributed by atoms with Crippen LogP contribution in [-0.4, -0.2) is 13.1 Å². The number of fused-ring (bicyclic) bond motifs is 3. The zero-order chi connectivity index (χ0) is 12.8. The van der Waals surface area contributed by atoms with Crippen LogP contribution in [0.5, 0.6) is 0 Å². The van der Waals surface area contributed by atoms with Gasteiger partial charge in [0.2, 0.25) is 0 Å². The fraction of sp³-hybridized carbons (Fsp3) is 0.933. The third kappa shape index (κ3) is 1.90. The van der Waals surface area contributed by atoms with E-state index in [1.165, 1.54) is 20.0 Å². The highest BCUT2D eigenvalue weighted by Gasteiger charge is 2.56. The predicted molar refractivity (Wildman–Crippen MR) is 68.4 cm³/mol. The average Bonchev–Trinajstić information content (AvgIpc) is 2.27. The summed E-state index contributed by atoms with van der Waals surface area (Å²) in [6, 6.07) is 0. The van der Waals surface area contributed by atoms with Gasteiger partial charge in [-0.3, -0.25) is 4.79 Å². The third-order valence-corrected chi connectivity index (χ3v) is 5.51. The summed E-state index contributed by atoms with van der Waals surface area (Å²) in [5.41, 5.74) is -0.220. The van der Waals surface area contributed by atoms with Crippen molar-refractivity contribution in [2.75, 3.05) is 7.11 Å². The molecular weight excluding hydrogens is 212 g/mol. The number of hydrogen-bond acceptors (Lipinski definition) is 2. The smallest absolute Gasteiger partial charge is 0.311 e. The van der Waals surface area contributed by atoms with E-state index in [2.05, 4.69) is 27.7 Å². The maximum Gasteiger partial charge on any atom is 0.311 e. The molecule has 0 saturated heterocycles. The molecule has 2 heteroatoms. The maximum atomic E-state index is 12.1. The number of methoxy groups -OCH3 is 1. The van der Waals surface area contributed by atoms with Gasteiger partial charge in [-0.05, 0) is 55.8 Å². The van der Waals surface area contributed by atoms with Gasteiger partial charge in [0.1, 0.15) is 0 Å². The van der Waals surface area contributed by atoms with Crippen molar-refractivity contribution in [2.24, 2.45) is 35.0 Å². The number of ether oxygens (including phenoxy) is 1. The highest BCUT2D eigenvalue weighted by atomic mass is 16.5. The highest BCUT2D eigenvalue weighted by molar-refractivity contribution is 5.77. The third-order valence-electron chi connectivity index (χ3n) is 5.51. The highest BCUT2D eigenvalue weighted by Crippen LogP contribution is 2.59. The Labute approximate surface area is 105 Å². The molecule has 0 amide bonds. The van der Waals surface area contributed by atoms with Crippen LogP contribution in [0.3, 0.4) is 0 Å². The minimum absolute atomic E-state index is 0.0151. The van der Waals surface area contributed by atoms with Crippen molar-refractivity contribution < 1.29 is 9.53 Å². The molecule has 3 aliphatic carbocycles. The first-order valence-corrected chi connectivity index (χ1v) is 6.98. The molecule has 0 radical (unpaired) electrons.